The number of rotatable bonds is 7. The van der Waals surface area contributed by atoms with Gasteiger partial charge in [-0.3, -0.25) is 10.1 Å². The summed E-state index contributed by atoms with van der Waals surface area (Å²) in [7, 11) is -1.68. The molecule has 1 N–H and O–H groups in total. The SMILES string of the molecule is C=CCSc1nnc(NC(=O)c2cc(S(=O)(=O)N3CCN(C)CC3)ccc2C)s1. The molecular weight excluding hydrogens is 430 g/mol. The zero-order valence-corrected chi connectivity index (χ0v) is 18.7. The van der Waals surface area contributed by atoms with Gasteiger partial charge in [0, 0.05) is 37.5 Å². The first-order valence-corrected chi connectivity index (χ1v) is 12.2. The lowest BCUT2D eigenvalue weighted by atomic mass is 10.1. The normalized spacial score (nSPS) is 15.9. The van der Waals surface area contributed by atoms with E-state index in [1.807, 2.05) is 7.05 Å². The number of nitrogens with zero attached hydrogens (tertiary/aromatic N) is 4. The van der Waals surface area contributed by atoms with Crippen LogP contribution in [0.15, 0.2) is 40.1 Å². The third-order valence-corrected chi connectivity index (χ3v) is 8.37. The lowest BCUT2D eigenvalue weighted by Gasteiger charge is -2.31. The molecule has 1 aromatic heterocycles. The van der Waals surface area contributed by atoms with E-state index in [2.05, 4.69) is 27.0 Å². The quantitative estimate of drug-likeness (QED) is 0.390. The van der Waals surface area contributed by atoms with Crippen LogP contribution >= 0.6 is 23.1 Å². The maximum atomic E-state index is 13.0. The summed E-state index contributed by atoms with van der Waals surface area (Å²) in [6.07, 6.45) is 1.76. The van der Waals surface area contributed by atoms with Crippen molar-refractivity contribution >= 4 is 44.2 Å². The number of sulfonamides is 1. The van der Waals surface area contributed by atoms with Gasteiger partial charge in [-0.25, -0.2) is 8.42 Å². The van der Waals surface area contributed by atoms with E-state index in [0.717, 1.165) is 4.34 Å². The van der Waals surface area contributed by atoms with E-state index in [9.17, 15) is 13.2 Å². The van der Waals surface area contributed by atoms with Crippen molar-refractivity contribution in [1.82, 2.24) is 19.4 Å². The molecule has 11 heteroatoms. The van der Waals surface area contributed by atoms with Gasteiger partial charge >= 0.3 is 0 Å². The van der Waals surface area contributed by atoms with Gasteiger partial charge in [0.1, 0.15) is 0 Å². The van der Waals surface area contributed by atoms with Crippen molar-refractivity contribution in [2.75, 3.05) is 44.3 Å². The van der Waals surface area contributed by atoms with Crippen LogP contribution < -0.4 is 5.32 Å². The largest absolute Gasteiger partial charge is 0.304 e. The first-order chi connectivity index (χ1) is 13.8. The predicted molar refractivity (Wildman–Crippen MR) is 116 cm³/mol. The van der Waals surface area contributed by atoms with Crippen LogP contribution in [-0.2, 0) is 10.0 Å². The summed E-state index contributed by atoms with van der Waals surface area (Å²) in [5.41, 5.74) is 0.987. The second-order valence-corrected chi connectivity index (χ2v) is 10.8. The number of anilines is 1. The summed E-state index contributed by atoms with van der Waals surface area (Å²) in [6, 6.07) is 4.64. The number of benzene rings is 1. The number of aryl methyl sites for hydroxylation is 1. The van der Waals surface area contributed by atoms with Crippen LogP contribution in [0.3, 0.4) is 0 Å². The Morgan fingerprint density at radius 3 is 2.72 bits per heavy atom. The molecule has 0 radical (unpaired) electrons. The van der Waals surface area contributed by atoms with E-state index in [0.29, 0.717) is 48.2 Å². The molecule has 0 spiro atoms. The lowest BCUT2D eigenvalue weighted by molar-refractivity contribution is 0.102. The van der Waals surface area contributed by atoms with Gasteiger partial charge in [0.2, 0.25) is 15.2 Å². The summed E-state index contributed by atoms with van der Waals surface area (Å²) < 4.78 is 28.2. The monoisotopic (exact) mass is 453 g/mol. The topological polar surface area (TPSA) is 95.5 Å². The van der Waals surface area contributed by atoms with Crippen LogP contribution in [0.1, 0.15) is 15.9 Å². The zero-order chi connectivity index (χ0) is 21.0. The molecule has 1 saturated heterocycles. The molecule has 0 aliphatic carbocycles. The molecule has 0 unspecified atom stereocenters. The molecule has 2 aromatic rings. The van der Waals surface area contributed by atoms with E-state index >= 15 is 0 Å². The molecule has 1 fully saturated rings. The van der Waals surface area contributed by atoms with E-state index in [1.54, 1.807) is 25.1 Å². The first-order valence-electron chi connectivity index (χ1n) is 8.99. The van der Waals surface area contributed by atoms with Gasteiger partial charge < -0.3 is 4.90 Å². The summed E-state index contributed by atoms with van der Waals surface area (Å²) in [4.78, 5) is 15.0. The highest BCUT2D eigenvalue weighted by Gasteiger charge is 2.28. The number of amides is 1. The Hall–Kier alpha value is -1.79. The number of carbonyl (C=O) groups is 1. The predicted octanol–water partition coefficient (Wildman–Crippen LogP) is 2.31. The molecule has 0 atom stereocenters. The van der Waals surface area contributed by atoms with E-state index < -0.39 is 15.9 Å². The van der Waals surface area contributed by atoms with Crippen LogP contribution in [0, 0.1) is 6.92 Å². The molecule has 1 amide bonds. The maximum Gasteiger partial charge on any atom is 0.257 e. The fourth-order valence-corrected chi connectivity index (χ4v) is 5.75. The van der Waals surface area contributed by atoms with Gasteiger partial charge in [0.15, 0.2) is 4.34 Å². The maximum absolute atomic E-state index is 13.0. The number of thioether (sulfide) groups is 1. The van der Waals surface area contributed by atoms with Crippen molar-refractivity contribution in [3.63, 3.8) is 0 Å². The minimum absolute atomic E-state index is 0.122. The van der Waals surface area contributed by atoms with Crippen molar-refractivity contribution in [1.29, 1.82) is 0 Å². The minimum Gasteiger partial charge on any atom is -0.304 e. The van der Waals surface area contributed by atoms with Crippen LogP contribution in [0.5, 0.6) is 0 Å². The highest BCUT2D eigenvalue weighted by Crippen LogP contribution is 2.26. The van der Waals surface area contributed by atoms with Crippen LogP contribution in [-0.4, -0.2) is 72.7 Å². The Balaban J connectivity index is 1.78. The van der Waals surface area contributed by atoms with E-state index in [-0.39, 0.29) is 4.90 Å². The molecule has 0 saturated carbocycles. The minimum atomic E-state index is -3.65. The van der Waals surface area contributed by atoms with Crippen molar-refractivity contribution in [2.45, 2.75) is 16.2 Å². The summed E-state index contributed by atoms with van der Waals surface area (Å²) in [5.74, 6) is 0.294. The van der Waals surface area contributed by atoms with Crippen LogP contribution in [0.2, 0.25) is 0 Å². The van der Waals surface area contributed by atoms with Crippen molar-refractivity contribution in [3.8, 4) is 0 Å². The molecule has 1 aliphatic heterocycles. The molecule has 0 bridgehead atoms. The number of aromatic nitrogens is 2. The molecule has 29 heavy (non-hydrogen) atoms. The molecule has 156 valence electrons. The standard InChI is InChI=1S/C18H23N5O3S3/c1-4-11-27-18-21-20-17(28-18)19-16(24)15-12-14(6-5-13(15)2)29(25,26)23-9-7-22(3)8-10-23/h4-6,12H,1,7-11H2,2-3H3,(H,19,20,24). The second kappa shape index (κ2) is 9.35. The molecule has 8 nitrogen and oxygen atoms in total. The number of likely N-dealkylation sites (N-methyl/N-ethyl adjacent to an activating group) is 1. The Bertz CT molecular complexity index is 998. The summed E-state index contributed by atoms with van der Waals surface area (Å²) >= 11 is 2.74. The molecule has 3 rings (SSSR count). The number of carbonyl (C=O) groups excluding carboxylic acids is 1. The molecule has 2 heterocycles. The van der Waals surface area contributed by atoms with Crippen LogP contribution in [0.4, 0.5) is 5.13 Å². The molecule has 1 aromatic carbocycles. The second-order valence-electron chi connectivity index (χ2n) is 6.61. The van der Waals surface area contributed by atoms with Gasteiger partial charge in [-0.1, -0.05) is 35.2 Å². The van der Waals surface area contributed by atoms with Crippen LogP contribution in [0.25, 0.3) is 0 Å². The Morgan fingerprint density at radius 2 is 2.03 bits per heavy atom. The molecular formula is C18H23N5O3S3. The van der Waals surface area contributed by atoms with E-state index in [4.69, 9.17) is 0 Å². The highest BCUT2D eigenvalue weighted by atomic mass is 32.2. The van der Waals surface area contributed by atoms with E-state index in [1.165, 1.54) is 33.5 Å². The smallest absolute Gasteiger partial charge is 0.257 e. The van der Waals surface area contributed by atoms with Gasteiger partial charge in [-0.15, -0.1) is 16.8 Å². The van der Waals surface area contributed by atoms with Gasteiger partial charge in [-0.05, 0) is 31.7 Å². The first kappa shape index (κ1) is 21.9. The third kappa shape index (κ3) is 5.23. The summed E-state index contributed by atoms with van der Waals surface area (Å²) in [6.45, 7) is 7.66. The Labute approximate surface area is 179 Å². The Kier molecular flexibility index (Phi) is 7.06. The van der Waals surface area contributed by atoms with Crippen molar-refractivity contribution in [3.05, 3.63) is 42.0 Å². The lowest BCUT2D eigenvalue weighted by Crippen LogP contribution is -2.47. The average Bonchev–Trinajstić information content (AvgIpc) is 3.14. The number of hydrogen-bond acceptors (Lipinski definition) is 8. The van der Waals surface area contributed by atoms with Gasteiger partial charge in [-0.2, -0.15) is 4.31 Å². The third-order valence-electron chi connectivity index (χ3n) is 4.51. The number of piperazine rings is 1. The van der Waals surface area contributed by atoms with Crippen molar-refractivity contribution in [2.24, 2.45) is 0 Å². The fourth-order valence-electron chi connectivity index (χ4n) is 2.80. The van der Waals surface area contributed by atoms with Crippen molar-refractivity contribution < 1.29 is 13.2 Å². The van der Waals surface area contributed by atoms with Gasteiger partial charge in [0.25, 0.3) is 5.91 Å². The Morgan fingerprint density at radius 1 is 1.31 bits per heavy atom. The zero-order valence-electron chi connectivity index (χ0n) is 16.3. The number of nitrogens with one attached hydrogen (secondary N) is 1. The van der Waals surface area contributed by atoms with Gasteiger partial charge in [0.05, 0.1) is 4.90 Å². The molecule has 1 aliphatic rings. The summed E-state index contributed by atoms with van der Waals surface area (Å²) in [5, 5.41) is 11.1. The average molecular weight is 454 g/mol. The number of hydrogen-bond donors (Lipinski definition) is 1. The highest BCUT2D eigenvalue weighted by molar-refractivity contribution is 8.01. The fraction of sp³-hybridized carbons (Fsp3) is 0.389.